The number of amides is 5. The van der Waals surface area contributed by atoms with Gasteiger partial charge in [-0.25, -0.2) is 9.59 Å². The molecule has 35 heavy (non-hydrogen) atoms. The van der Waals surface area contributed by atoms with Crippen LogP contribution in [0.4, 0.5) is 15.3 Å². The van der Waals surface area contributed by atoms with Gasteiger partial charge in [-0.15, -0.1) is 0 Å². The average Bonchev–Trinajstić information content (AvgIpc) is 3.39. The first-order valence-corrected chi connectivity index (χ1v) is 12.7. The van der Waals surface area contributed by atoms with E-state index < -0.39 is 5.54 Å². The SMILES string of the molecule is C[C@@]12CN(C(=O)Nc3cccnc3-c3ccsc3)CCN1C(=O)N([C@H]1C[C@@H]1c1ccccc1)C2=O. The molecule has 3 fully saturated rings. The molecule has 2 aliphatic heterocycles. The van der Waals surface area contributed by atoms with E-state index in [2.05, 4.69) is 10.3 Å². The predicted molar refractivity (Wildman–Crippen MR) is 133 cm³/mol. The second-order valence-electron chi connectivity index (χ2n) is 9.47. The number of hydrogen-bond acceptors (Lipinski definition) is 5. The molecule has 3 aliphatic rings. The van der Waals surface area contributed by atoms with Gasteiger partial charge in [-0.2, -0.15) is 11.3 Å². The van der Waals surface area contributed by atoms with E-state index in [1.54, 1.807) is 40.3 Å². The van der Waals surface area contributed by atoms with Gasteiger partial charge in [0.05, 0.1) is 17.9 Å². The van der Waals surface area contributed by atoms with Crippen LogP contribution >= 0.6 is 11.3 Å². The number of carbonyl (C=O) groups excluding carboxylic acids is 3. The Kier molecular flexibility index (Phi) is 5.10. The Hall–Kier alpha value is -3.72. The molecule has 0 spiro atoms. The Morgan fingerprint density at radius 1 is 1.11 bits per heavy atom. The van der Waals surface area contributed by atoms with Crippen molar-refractivity contribution in [2.45, 2.75) is 30.8 Å². The number of hydrogen-bond donors (Lipinski definition) is 1. The quantitative estimate of drug-likeness (QED) is 0.558. The van der Waals surface area contributed by atoms with Crippen molar-refractivity contribution in [1.82, 2.24) is 19.7 Å². The molecule has 0 radical (unpaired) electrons. The van der Waals surface area contributed by atoms with E-state index in [-0.39, 0.29) is 36.5 Å². The fraction of sp³-hybridized carbons (Fsp3) is 0.308. The number of pyridine rings is 1. The highest BCUT2D eigenvalue weighted by atomic mass is 32.1. The average molecular weight is 488 g/mol. The number of piperazine rings is 1. The van der Waals surface area contributed by atoms with Crippen LogP contribution in [0, 0.1) is 0 Å². The van der Waals surface area contributed by atoms with Crippen molar-refractivity contribution in [3.63, 3.8) is 0 Å². The van der Waals surface area contributed by atoms with Crippen LogP contribution in [0.1, 0.15) is 24.8 Å². The number of nitrogens with zero attached hydrogens (tertiary/aromatic N) is 4. The van der Waals surface area contributed by atoms with Gasteiger partial charge in [-0.05, 0) is 42.5 Å². The fourth-order valence-electron chi connectivity index (χ4n) is 5.29. The van der Waals surface area contributed by atoms with Gasteiger partial charge in [-0.1, -0.05) is 30.3 Å². The monoisotopic (exact) mass is 487 g/mol. The number of benzene rings is 1. The van der Waals surface area contributed by atoms with Crippen LogP contribution in [-0.4, -0.2) is 68.9 Å². The molecular formula is C26H25N5O3S. The summed E-state index contributed by atoms with van der Waals surface area (Å²) < 4.78 is 0. The van der Waals surface area contributed by atoms with Gasteiger partial charge >= 0.3 is 12.1 Å². The van der Waals surface area contributed by atoms with Crippen LogP contribution in [0.15, 0.2) is 65.5 Å². The summed E-state index contributed by atoms with van der Waals surface area (Å²) in [5, 5.41) is 6.91. The summed E-state index contributed by atoms with van der Waals surface area (Å²) in [7, 11) is 0. The molecule has 2 saturated heterocycles. The van der Waals surface area contributed by atoms with Crippen molar-refractivity contribution in [3.8, 4) is 11.3 Å². The molecule has 0 unspecified atom stereocenters. The second-order valence-corrected chi connectivity index (χ2v) is 10.2. The Morgan fingerprint density at radius 2 is 1.94 bits per heavy atom. The number of rotatable bonds is 4. The maximum atomic E-state index is 13.6. The number of carbonyl (C=O) groups is 3. The van der Waals surface area contributed by atoms with Crippen LogP contribution in [0.25, 0.3) is 11.3 Å². The molecule has 1 aromatic carbocycles. The molecule has 1 aliphatic carbocycles. The van der Waals surface area contributed by atoms with Crippen LogP contribution < -0.4 is 5.32 Å². The first-order chi connectivity index (χ1) is 17.0. The summed E-state index contributed by atoms with van der Waals surface area (Å²) in [4.78, 5) is 49.2. The largest absolute Gasteiger partial charge is 0.328 e. The normalized spacial score (nSPS) is 25.6. The van der Waals surface area contributed by atoms with Crippen molar-refractivity contribution < 1.29 is 14.4 Å². The van der Waals surface area contributed by atoms with Crippen molar-refractivity contribution in [2.75, 3.05) is 25.0 Å². The minimum atomic E-state index is -1.07. The molecule has 1 N–H and O–H groups in total. The van der Waals surface area contributed by atoms with Gasteiger partial charge in [0.1, 0.15) is 5.54 Å². The molecule has 3 aromatic rings. The number of aromatic nitrogens is 1. The molecule has 0 bridgehead atoms. The number of urea groups is 2. The van der Waals surface area contributed by atoms with Crippen LogP contribution in [0.3, 0.4) is 0 Å². The Bertz CT molecular complexity index is 1300. The molecule has 5 amide bonds. The molecule has 4 heterocycles. The summed E-state index contributed by atoms with van der Waals surface area (Å²) in [6.45, 7) is 2.59. The summed E-state index contributed by atoms with van der Waals surface area (Å²) in [6, 6.07) is 14.9. The van der Waals surface area contributed by atoms with Gasteiger partial charge in [0, 0.05) is 42.2 Å². The van der Waals surface area contributed by atoms with Crippen LogP contribution in [0.2, 0.25) is 0 Å². The first-order valence-electron chi connectivity index (χ1n) is 11.7. The van der Waals surface area contributed by atoms with E-state index in [1.165, 1.54) is 4.90 Å². The number of nitrogens with one attached hydrogen (secondary N) is 1. The van der Waals surface area contributed by atoms with E-state index in [0.29, 0.717) is 24.5 Å². The molecule has 8 nitrogen and oxygen atoms in total. The highest BCUT2D eigenvalue weighted by molar-refractivity contribution is 7.08. The first kappa shape index (κ1) is 21.8. The van der Waals surface area contributed by atoms with Crippen molar-refractivity contribution >= 4 is 35.0 Å². The highest BCUT2D eigenvalue weighted by Crippen LogP contribution is 2.48. The van der Waals surface area contributed by atoms with Gasteiger partial charge in [-0.3, -0.25) is 14.7 Å². The minimum absolute atomic E-state index is 0.120. The maximum Gasteiger partial charge on any atom is 0.328 e. The van der Waals surface area contributed by atoms with Gasteiger partial charge in [0.25, 0.3) is 5.91 Å². The Morgan fingerprint density at radius 3 is 2.71 bits per heavy atom. The van der Waals surface area contributed by atoms with Gasteiger partial charge < -0.3 is 15.1 Å². The zero-order valence-corrected chi connectivity index (χ0v) is 20.1. The predicted octanol–water partition coefficient (Wildman–Crippen LogP) is 4.24. The summed E-state index contributed by atoms with van der Waals surface area (Å²) in [6.07, 6.45) is 2.47. The second kappa shape index (κ2) is 8.20. The molecule has 9 heteroatoms. The van der Waals surface area contributed by atoms with Crippen molar-refractivity contribution in [2.24, 2.45) is 0 Å². The van der Waals surface area contributed by atoms with Gasteiger partial charge in [0.2, 0.25) is 0 Å². The molecule has 2 aromatic heterocycles. The zero-order valence-electron chi connectivity index (χ0n) is 19.3. The van der Waals surface area contributed by atoms with E-state index in [0.717, 1.165) is 17.5 Å². The fourth-order valence-corrected chi connectivity index (χ4v) is 5.93. The third-order valence-electron chi connectivity index (χ3n) is 7.25. The lowest BCUT2D eigenvalue weighted by Crippen LogP contribution is -2.62. The van der Waals surface area contributed by atoms with Crippen LogP contribution in [0.5, 0.6) is 0 Å². The third kappa shape index (κ3) is 3.58. The number of thiophene rings is 1. The smallest absolute Gasteiger partial charge is 0.320 e. The van der Waals surface area contributed by atoms with E-state index in [1.807, 2.05) is 53.2 Å². The molecule has 3 atom stereocenters. The molecule has 178 valence electrons. The zero-order chi connectivity index (χ0) is 24.2. The summed E-state index contributed by atoms with van der Waals surface area (Å²) >= 11 is 1.56. The van der Waals surface area contributed by atoms with E-state index in [4.69, 9.17) is 0 Å². The summed E-state index contributed by atoms with van der Waals surface area (Å²) in [5.41, 5.74) is 2.33. The number of anilines is 1. The lowest BCUT2D eigenvalue weighted by molar-refractivity contribution is -0.134. The standard InChI is InChI=1S/C26H25N5O3S/c1-26-16-29(24(33)28-20-8-5-10-27-22(20)18-9-13-35-15-18)11-12-30(26)25(34)31(23(26)32)21-14-19(21)17-6-3-2-4-7-17/h2-10,13,15,19,21H,11-12,14,16H2,1H3,(H,28,33)/t19-,21+,26+/m1/s1. The van der Waals surface area contributed by atoms with Crippen molar-refractivity contribution in [3.05, 3.63) is 71.1 Å². The lowest BCUT2D eigenvalue weighted by atomic mass is 9.97. The van der Waals surface area contributed by atoms with Gasteiger partial charge in [0.15, 0.2) is 0 Å². The lowest BCUT2D eigenvalue weighted by Gasteiger charge is -2.42. The number of imide groups is 1. The highest BCUT2D eigenvalue weighted by Gasteiger charge is 2.62. The molecule has 1 saturated carbocycles. The van der Waals surface area contributed by atoms with Crippen molar-refractivity contribution in [1.29, 1.82) is 0 Å². The minimum Gasteiger partial charge on any atom is -0.320 e. The molecule has 6 rings (SSSR count). The van der Waals surface area contributed by atoms with E-state index in [9.17, 15) is 14.4 Å². The number of fused-ring (bicyclic) bond motifs is 1. The molecular weight excluding hydrogens is 462 g/mol. The summed E-state index contributed by atoms with van der Waals surface area (Å²) in [5.74, 6) is -0.0432. The van der Waals surface area contributed by atoms with E-state index >= 15 is 0 Å². The topological polar surface area (TPSA) is 85.8 Å². The van der Waals surface area contributed by atoms with Crippen LogP contribution in [-0.2, 0) is 4.79 Å². The Labute approximate surface area is 207 Å². The Balaban J connectivity index is 1.19. The third-order valence-corrected chi connectivity index (χ3v) is 7.94. The maximum absolute atomic E-state index is 13.6.